The van der Waals surface area contributed by atoms with E-state index in [-0.39, 0.29) is 11.9 Å². The van der Waals surface area contributed by atoms with Crippen LogP contribution in [0.4, 0.5) is 10.5 Å². The van der Waals surface area contributed by atoms with Gasteiger partial charge in [0.05, 0.1) is 18.4 Å². The summed E-state index contributed by atoms with van der Waals surface area (Å²) in [6, 6.07) is 27.5. The molecule has 1 aromatic heterocycles. The number of rotatable bonds is 5. The summed E-state index contributed by atoms with van der Waals surface area (Å²) < 4.78 is 7.57. The van der Waals surface area contributed by atoms with E-state index in [2.05, 4.69) is 9.88 Å². The molecule has 2 heterocycles. The lowest BCUT2D eigenvalue weighted by Crippen LogP contribution is -2.51. The molecule has 7 nitrogen and oxygen atoms in total. The first-order valence-electron chi connectivity index (χ1n) is 12.8. The highest BCUT2D eigenvalue weighted by Gasteiger charge is 2.28. The minimum atomic E-state index is -0.146. The summed E-state index contributed by atoms with van der Waals surface area (Å²) in [7, 11) is 1.65. The molecular weight excluding hydrogens is 476 g/mol. The van der Waals surface area contributed by atoms with Crippen molar-refractivity contribution in [1.82, 2.24) is 14.4 Å². The monoisotopic (exact) mass is 508 g/mol. The van der Waals surface area contributed by atoms with Gasteiger partial charge in [-0.2, -0.15) is 0 Å². The number of aromatic nitrogens is 1. The smallest absolute Gasteiger partial charge is 0.321 e. The van der Waals surface area contributed by atoms with Gasteiger partial charge in [0.15, 0.2) is 0 Å². The summed E-state index contributed by atoms with van der Waals surface area (Å²) in [4.78, 5) is 30.1. The SMILES string of the molecule is COc1cccc(-c2cc(C(=O)N3CCN(C(=O)Nc4ccc(C)cc4)CC3)c(C)n2-c2ccccc2)c1. The number of piperazine rings is 1. The zero-order valence-electron chi connectivity index (χ0n) is 22.0. The molecule has 0 atom stereocenters. The number of urea groups is 1. The number of methoxy groups -OCH3 is 1. The van der Waals surface area contributed by atoms with E-state index in [9.17, 15) is 9.59 Å². The van der Waals surface area contributed by atoms with Gasteiger partial charge in [-0.15, -0.1) is 0 Å². The summed E-state index contributed by atoms with van der Waals surface area (Å²) in [6.45, 7) is 5.90. The average molecular weight is 509 g/mol. The van der Waals surface area contributed by atoms with Gasteiger partial charge in [0.1, 0.15) is 5.75 Å². The molecule has 0 aliphatic carbocycles. The zero-order valence-corrected chi connectivity index (χ0v) is 22.0. The maximum Gasteiger partial charge on any atom is 0.321 e. The Morgan fingerprint density at radius 1 is 0.789 bits per heavy atom. The Bertz CT molecular complexity index is 1440. The number of benzene rings is 3. The number of carbonyl (C=O) groups is 2. The summed E-state index contributed by atoms with van der Waals surface area (Å²) >= 11 is 0. The number of nitrogens with zero attached hydrogens (tertiary/aromatic N) is 3. The Balaban J connectivity index is 1.36. The standard InChI is InChI=1S/C31H32N4O3/c1-22-12-14-25(15-13-22)32-31(37)34-18-16-33(17-19-34)30(36)28-21-29(24-8-7-11-27(20-24)38-3)35(23(28)2)26-9-5-4-6-10-26/h4-15,20-21H,16-19H2,1-3H3,(H,32,37). The third kappa shape index (κ3) is 5.13. The average Bonchev–Trinajstić information content (AvgIpc) is 3.31. The van der Waals surface area contributed by atoms with Gasteiger partial charge in [0.2, 0.25) is 0 Å². The van der Waals surface area contributed by atoms with Crippen molar-refractivity contribution in [1.29, 1.82) is 0 Å². The molecule has 4 aromatic rings. The van der Waals surface area contributed by atoms with Crippen LogP contribution in [0.2, 0.25) is 0 Å². The fourth-order valence-corrected chi connectivity index (χ4v) is 4.85. The van der Waals surface area contributed by atoms with Crippen molar-refractivity contribution < 1.29 is 14.3 Å². The second kappa shape index (κ2) is 10.8. The molecule has 1 aliphatic rings. The molecule has 0 unspecified atom stereocenters. The van der Waals surface area contributed by atoms with Crippen LogP contribution in [-0.4, -0.2) is 59.6 Å². The van der Waals surface area contributed by atoms with Crippen LogP contribution < -0.4 is 10.1 Å². The molecule has 194 valence electrons. The fraction of sp³-hybridized carbons (Fsp3) is 0.226. The van der Waals surface area contributed by atoms with E-state index in [0.29, 0.717) is 31.7 Å². The summed E-state index contributed by atoms with van der Waals surface area (Å²) in [5.41, 5.74) is 6.31. The number of hydrogen-bond acceptors (Lipinski definition) is 3. The molecule has 1 N–H and O–H groups in total. The Morgan fingerprint density at radius 3 is 2.16 bits per heavy atom. The third-order valence-corrected chi connectivity index (χ3v) is 7.01. The Labute approximate surface area is 223 Å². The summed E-state index contributed by atoms with van der Waals surface area (Å²) in [6.07, 6.45) is 0. The first kappa shape index (κ1) is 25.1. The molecule has 5 rings (SSSR count). The normalized spacial score (nSPS) is 13.3. The van der Waals surface area contributed by atoms with Crippen LogP contribution in [0.5, 0.6) is 5.75 Å². The fourth-order valence-electron chi connectivity index (χ4n) is 4.85. The number of nitrogens with one attached hydrogen (secondary N) is 1. The van der Waals surface area contributed by atoms with Crippen molar-refractivity contribution >= 4 is 17.6 Å². The van der Waals surface area contributed by atoms with Gasteiger partial charge < -0.3 is 24.4 Å². The van der Waals surface area contributed by atoms with E-state index < -0.39 is 0 Å². The molecule has 0 bridgehead atoms. The molecular formula is C31H32N4O3. The number of amides is 3. The summed E-state index contributed by atoms with van der Waals surface area (Å²) in [5, 5.41) is 2.95. The van der Waals surface area contributed by atoms with Crippen molar-refractivity contribution in [2.75, 3.05) is 38.6 Å². The highest BCUT2D eigenvalue weighted by atomic mass is 16.5. The van der Waals surface area contributed by atoms with Crippen molar-refractivity contribution in [2.45, 2.75) is 13.8 Å². The Morgan fingerprint density at radius 2 is 1.47 bits per heavy atom. The van der Waals surface area contributed by atoms with Gasteiger partial charge in [-0.05, 0) is 56.3 Å². The predicted octanol–water partition coefficient (Wildman–Crippen LogP) is 5.76. The first-order chi connectivity index (χ1) is 18.4. The molecule has 7 heteroatoms. The van der Waals surface area contributed by atoms with Gasteiger partial charge in [0, 0.05) is 48.8 Å². The molecule has 1 aliphatic heterocycles. The van der Waals surface area contributed by atoms with Gasteiger partial charge in [0.25, 0.3) is 5.91 Å². The Hall–Kier alpha value is -4.52. The van der Waals surface area contributed by atoms with E-state index in [1.165, 1.54) is 0 Å². The van der Waals surface area contributed by atoms with E-state index in [0.717, 1.165) is 39.6 Å². The van der Waals surface area contributed by atoms with Crippen LogP contribution >= 0.6 is 0 Å². The number of para-hydroxylation sites is 1. The Kier molecular flexibility index (Phi) is 7.18. The number of aryl methyl sites for hydroxylation is 1. The molecule has 0 spiro atoms. The first-order valence-corrected chi connectivity index (χ1v) is 12.8. The lowest BCUT2D eigenvalue weighted by atomic mass is 10.1. The van der Waals surface area contributed by atoms with E-state index in [4.69, 9.17) is 4.74 Å². The topological polar surface area (TPSA) is 66.8 Å². The van der Waals surface area contributed by atoms with Crippen LogP contribution in [0.3, 0.4) is 0 Å². The van der Waals surface area contributed by atoms with Crippen molar-refractivity contribution in [2.24, 2.45) is 0 Å². The molecule has 38 heavy (non-hydrogen) atoms. The molecule has 0 radical (unpaired) electrons. The quantitative estimate of drug-likeness (QED) is 0.373. The van der Waals surface area contributed by atoms with E-state index in [1.54, 1.807) is 12.0 Å². The number of carbonyl (C=O) groups excluding carboxylic acids is 2. The minimum Gasteiger partial charge on any atom is -0.497 e. The van der Waals surface area contributed by atoms with Crippen LogP contribution in [0.15, 0.2) is 84.9 Å². The molecule has 3 aromatic carbocycles. The van der Waals surface area contributed by atoms with E-state index >= 15 is 0 Å². The number of ether oxygens (including phenoxy) is 1. The predicted molar refractivity (Wildman–Crippen MR) is 150 cm³/mol. The van der Waals surface area contributed by atoms with Crippen molar-refractivity contribution in [3.05, 3.63) is 102 Å². The third-order valence-electron chi connectivity index (χ3n) is 7.01. The maximum absolute atomic E-state index is 13.7. The highest BCUT2D eigenvalue weighted by molar-refractivity contribution is 5.98. The number of anilines is 1. The minimum absolute atomic E-state index is 0.0279. The molecule has 0 saturated carbocycles. The van der Waals surface area contributed by atoms with Crippen LogP contribution in [0, 0.1) is 13.8 Å². The van der Waals surface area contributed by atoms with Gasteiger partial charge >= 0.3 is 6.03 Å². The maximum atomic E-state index is 13.7. The van der Waals surface area contributed by atoms with Crippen LogP contribution in [0.25, 0.3) is 16.9 Å². The van der Waals surface area contributed by atoms with Crippen molar-refractivity contribution in [3.63, 3.8) is 0 Å². The lowest BCUT2D eigenvalue weighted by molar-refractivity contribution is 0.0671. The van der Waals surface area contributed by atoms with E-state index in [1.807, 2.05) is 104 Å². The second-order valence-electron chi connectivity index (χ2n) is 9.51. The van der Waals surface area contributed by atoms with Gasteiger partial charge in [-0.3, -0.25) is 4.79 Å². The molecule has 1 saturated heterocycles. The second-order valence-corrected chi connectivity index (χ2v) is 9.51. The zero-order chi connectivity index (χ0) is 26.6. The number of hydrogen-bond donors (Lipinski definition) is 1. The molecule has 1 fully saturated rings. The van der Waals surface area contributed by atoms with Crippen LogP contribution in [0.1, 0.15) is 21.6 Å². The van der Waals surface area contributed by atoms with Crippen LogP contribution in [-0.2, 0) is 0 Å². The lowest BCUT2D eigenvalue weighted by Gasteiger charge is -2.34. The molecule has 3 amide bonds. The van der Waals surface area contributed by atoms with Gasteiger partial charge in [-0.1, -0.05) is 48.0 Å². The summed E-state index contributed by atoms with van der Waals surface area (Å²) in [5.74, 6) is 0.730. The highest BCUT2D eigenvalue weighted by Crippen LogP contribution is 2.32. The van der Waals surface area contributed by atoms with Gasteiger partial charge in [-0.25, -0.2) is 4.79 Å². The largest absolute Gasteiger partial charge is 0.497 e. The van der Waals surface area contributed by atoms with Crippen molar-refractivity contribution in [3.8, 4) is 22.7 Å².